The van der Waals surface area contributed by atoms with E-state index in [2.05, 4.69) is 6.92 Å². The summed E-state index contributed by atoms with van der Waals surface area (Å²) in [6.45, 7) is 3.75. The van der Waals surface area contributed by atoms with Crippen LogP contribution in [0.4, 0.5) is 0 Å². The highest BCUT2D eigenvalue weighted by Gasteiger charge is 1.97. The minimum atomic E-state index is 0.456. The Labute approximate surface area is 108 Å². The van der Waals surface area contributed by atoms with Crippen molar-refractivity contribution in [2.75, 3.05) is 20.1 Å². The zero-order chi connectivity index (χ0) is 12.8. The molecule has 2 heteroatoms. The van der Waals surface area contributed by atoms with E-state index in [1.807, 2.05) is 18.2 Å². The molecule has 0 aliphatic heterocycles. The van der Waals surface area contributed by atoms with Crippen LogP contribution in [0.2, 0.25) is 0 Å². The fourth-order valence-electron chi connectivity index (χ4n) is 2.06. The van der Waals surface area contributed by atoms with Crippen molar-refractivity contribution in [3.05, 3.63) is 0 Å². The molecule has 0 aromatic heterocycles. The van der Waals surface area contributed by atoms with E-state index in [1.54, 1.807) is 0 Å². The molecule has 0 saturated heterocycles. The van der Waals surface area contributed by atoms with Gasteiger partial charge in [-0.15, -0.1) is 0 Å². The standard InChI is InChI=1S/C15H30NO/c1-3-4-5-6-7-8-9-10-11-12-13-16(2)14-15-17/h3-14H2,1-2H3. The lowest BCUT2D eigenvalue weighted by molar-refractivity contribution is 0.358. The van der Waals surface area contributed by atoms with Crippen LogP contribution in [0.25, 0.3) is 0 Å². The van der Waals surface area contributed by atoms with Crippen molar-refractivity contribution < 1.29 is 4.79 Å². The minimum Gasteiger partial charge on any atom is -0.299 e. The van der Waals surface area contributed by atoms with Crippen molar-refractivity contribution in [2.24, 2.45) is 0 Å². The smallest absolute Gasteiger partial charge is 0.213 e. The van der Waals surface area contributed by atoms with E-state index in [-0.39, 0.29) is 0 Å². The molecule has 17 heavy (non-hydrogen) atoms. The van der Waals surface area contributed by atoms with Crippen molar-refractivity contribution in [1.29, 1.82) is 0 Å². The monoisotopic (exact) mass is 240 g/mol. The normalized spacial score (nSPS) is 11.0. The number of likely N-dealkylation sites (N-methyl/N-ethyl adjacent to an activating group) is 1. The van der Waals surface area contributed by atoms with Gasteiger partial charge in [-0.05, 0) is 20.0 Å². The zero-order valence-electron chi connectivity index (χ0n) is 11.8. The Bertz CT molecular complexity index is 159. The predicted octanol–water partition coefficient (Wildman–Crippen LogP) is 3.95. The average molecular weight is 240 g/mol. The lowest BCUT2D eigenvalue weighted by atomic mass is 10.1. The number of carbonyl (C=O) groups excluding carboxylic acids is 1. The van der Waals surface area contributed by atoms with Gasteiger partial charge in [0, 0.05) is 0 Å². The topological polar surface area (TPSA) is 20.3 Å². The van der Waals surface area contributed by atoms with Gasteiger partial charge in [0.1, 0.15) is 0 Å². The molecule has 0 rings (SSSR count). The molecule has 101 valence electrons. The Morgan fingerprint density at radius 1 is 0.824 bits per heavy atom. The van der Waals surface area contributed by atoms with Crippen molar-refractivity contribution in [2.45, 2.75) is 71.1 Å². The van der Waals surface area contributed by atoms with Gasteiger partial charge in [0.05, 0.1) is 6.54 Å². The first-order chi connectivity index (χ1) is 8.31. The molecule has 0 amide bonds. The quantitative estimate of drug-likeness (QED) is 0.454. The zero-order valence-corrected chi connectivity index (χ0v) is 11.8. The van der Waals surface area contributed by atoms with Crippen LogP contribution in [0.15, 0.2) is 0 Å². The van der Waals surface area contributed by atoms with Gasteiger partial charge in [0.15, 0.2) is 0 Å². The Kier molecular flexibility index (Phi) is 13.4. The van der Waals surface area contributed by atoms with Crippen LogP contribution in [0, 0.1) is 0 Å². The molecule has 0 unspecified atom stereocenters. The van der Waals surface area contributed by atoms with Gasteiger partial charge in [-0.1, -0.05) is 64.7 Å². The fourth-order valence-corrected chi connectivity index (χ4v) is 2.06. The third-order valence-corrected chi connectivity index (χ3v) is 3.23. The SMILES string of the molecule is CCCCCCCCCCCCN(C)C[C]=O. The van der Waals surface area contributed by atoms with E-state index in [0.717, 1.165) is 6.54 Å². The number of hydrogen-bond donors (Lipinski definition) is 0. The summed E-state index contributed by atoms with van der Waals surface area (Å²) in [5.74, 6) is 0. The van der Waals surface area contributed by atoms with Gasteiger partial charge < -0.3 is 0 Å². The molecule has 0 bridgehead atoms. The number of rotatable bonds is 13. The molecule has 0 aliphatic rings. The summed E-state index contributed by atoms with van der Waals surface area (Å²) in [6.07, 6.45) is 15.6. The largest absolute Gasteiger partial charge is 0.299 e. The molecule has 0 fully saturated rings. The summed E-state index contributed by atoms with van der Waals surface area (Å²) >= 11 is 0. The van der Waals surface area contributed by atoms with Gasteiger partial charge in [-0.25, -0.2) is 0 Å². The molecule has 0 spiro atoms. The number of unbranched alkanes of at least 4 members (excludes halogenated alkanes) is 9. The second kappa shape index (κ2) is 13.7. The highest BCUT2D eigenvalue weighted by atomic mass is 16.1. The third kappa shape index (κ3) is 13.6. The van der Waals surface area contributed by atoms with Crippen LogP contribution in [0.1, 0.15) is 71.1 Å². The van der Waals surface area contributed by atoms with Crippen LogP contribution in [-0.2, 0) is 4.79 Å². The highest BCUT2D eigenvalue weighted by molar-refractivity contribution is 5.52. The highest BCUT2D eigenvalue weighted by Crippen LogP contribution is 2.10. The lowest BCUT2D eigenvalue weighted by Gasteiger charge is -2.11. The molecule has 0 aromatic carbocycles. The van der Waals surface area contributed by atoms with E-state index >= 15 is 0 Å². The first kappa shape index (κ1) is 16.6. The molecule has 1 radical (unpaired) electrons. The van der Waals surface area contributed by atoms with Gasteiger partial charge in [0.25, 0.3) is 0 Å². The van der Waals surface area contributed by atoms with Gasteiger partial charge >= 0.3 is 0 Å². The number of nitrogens with zero attached hydrogens (tertiary/aromatic N) is 1. The molecular weight excluding hydrogens is 210 g/mol. The predicted molar refractivity (Wildman–Crippen MR) is 75.0 cm³/mol. The Hall–Kier alpha value is -0.370. The van der Waals surface area contributed by atoms with Crippen LogP contribution in [0.3, 0.4) is 0 Å². The summed E-state index contributed by atoms with van der Waals surface area (Å²) in [6, 6.07) is 0. The van der Waals surface area contributed by atoms with Crippen LogP contribution >= 0.6 is 0 Å². The molecule has 0 heterocycles. The van der Waals surface area contributed by atoms with E-state index in [0.29, 0.717) is 6.54 Å². The summed E-state index contributed by atoms with van der Waals surface area (Å²) < 4.78 is 0. The second-order valence-corrected chi connectivity index (χ2v) is 5.06. The van der Waals surface area contributed by atoms with E-state index in [4.69, 9.17) is 0 Å². The first-order valence-electron chi connectivity index (χ1n) is 7.34. The Balaban J connectivity index is 3.00. The van der Waals surface area contributed by atoms with E-state index in [1.165, 1.54) is 64.2 Å². The van der Waals surface area contributed by atoms with E-state index in [9.17, 15) is 4.79 Å². The first-order valence-corrected chi connectivity index (χ1v) is 7.34. The van der Waals surface area contributed by atoms with Crippen molar-refractivity contribution in [1.82, 2.24) is 4.90 Å². The van der Waals surface area contributed by atoms with Crippen LogP contribution in [-0.4, -0.2) is 31.3 Å². The van der Waals surface area contributed by atoms with Crippen LogP contribution in [0.5, 0.6) is 0 Å². The van der Waals surface area contributed by atoms with Gasteiger partial charge in [-0.3, -0.25) is 9.69 Å². The summed E-state index contributed by atoms with van der Waals surface area (Å²) in [4.78, 5) is 12.2. The van der Waals surface area contributed by atoms with E-state index < -0.39 is 0 Å². The molecule has 0 atom stereocenters. The summed E-state index contributed by atoms with van der Waals surface area (Å²) in [7, 11) is 1.98. The number of hydrogen-bond acceptors (Lipinski definition) is 2. The second-order valence-electron chi connectivity index (χ2n) is 5.06. The van der Waals surface area contributed by atoms with Gasteiger partial charge in [0.2, 0.25) is 6.29 Å². The summed E-state index contributed by atoms with van der Waals surface area (Å²) in [5, 5.41) is 0. The average Bonchev–Trinajstić information content (AvgIpc) is 2.32. The third-order valence-electron chi connectivity index (χ3n) is 3.23. The maximum atomic E-state index is 10.1. The van der Waals surface area contributed by atoms with Crippen LogP contribution < -0.4 is 0 Å². The molecular formula is C15H30NO. The van der Waals surface area contributed by atoms with Crippen molar-refractivity contribution in [3.8, 4) is 0 Å². The Morgan fingerprint density at radius 2 is 1.29 bits per heavy atom. The molecule has 0 N–H and O–H groups in total. The maximum absolute atomic E-state index is 10.1. The Morgan fingerprint density at radius 3 is 1.76 bits per heavy atom. The minimum absolute atomic E-state index is 0.456. The fraction of sp³-hybridized carbons (Fsp3) is 0.933. The molecule has 0 aliphatic carbocycles. The van der Waals surface area contributed by atoms with Crippen molar-refractivity contribution >= 4 is 6.29 Å². The molecule has 0 saturated carbocycles. The molecule has 2 nitrogen and oxygen atoms in total. The molecule has 0 aromatic rings. The summed E-state index contributed by atoms with van der Waals surface area (Å²) in [5.41, 5.74) is 0. The lowest BCUT2D eigenvalue weighted by Crippen LogP contribution is -2.21. The maximum Gasteiger partial charge on any atom is 0.213 e. The van der Waals surface area contributed by atoms with Crippen molar-refractivity contribution in [3.63, 3.8) is 0 Å². The van der Waals surface area contributed by atoms with Gasteiger partial charge in [-0.2, -0.15) is 0 Å².